The Morgan fingerprint density at radius 2 is 2.04 bits per heavy atom. The number of hydrogen-bond acceptors (Lipinski definition) is 6. The maximum atomic E-state index is 14.0. The van der Waals surface area contributed by atoms with Crippen molar-refractivity contribution in [3.63, 3.8) is 0 Å². The highest BCUT2D eigenvalue weighted by Gasteiger charge is 2.26. The molecular weight excluding hydrogens is 360 g/mol. The molecule has 0 radical (unpaired) electrons. The van der Waals surface area contributed by atoms with Gasteiger partial charge in [0.2, 0.25) is 11.3 Å². The Hall–Kier alpha value is -2.98. The van der Waals surface area contributed by atoms with Crippen LogP contribution in [0, 0.1) is 5.82 Å². The zero-order valence-corrected chi connectivity index (χ0v) is 13.1. The summed E-state index contributed by atoms with van der Waals surface area (Å²) in [5, 5.41) is 6.96. The van der Waals surface area contributed by atoms with Crippen LogP contribution in [0.25, 0.3) is 11.3 Å². The topological polar surface area (TPSA) is 93.9 Å². The van der Waals surface area contributed by atoms with Crippen LogP contribution >= 0.6 is 0 Å². The summed E-state index contributed by atoms with van der Waals surface area (Å²) in [5.41, 5.74) is 0.226. The van der Waals surface area contributed by atoms with Crippen molar-refractivity contribution in [1.82, 2.24) is 20.3 Å². The van der Waals surface area contributed by atoms with Crippen molar-refractivity contribution in [2.75, 3.05) is 6.61 Å². The third kappa shape index (κ3) is 4.35. The van der Waals surface area contributed by atoms with Gasteiger partial charge in [-0.2, -0.15) is 13.2 Å². The second-order valence-corrected chi connectivity index (χ2v) is 5.46. The Balaban J connectivity index is 1.67. The van der Waals surface area contributed by atoms with E-state index in [0.717, 1.165) is 6.07 Å². The molecule has 0 saturated carbocycles. The van der Waals surface area contributed by atoms with Gasteiger partial charge in [-0.15, -0.1) is 0 Å². The van der Waals surface area contributed by atoms with Gasteiger partial charge in [-0.05, 0) is 34.4 Å². The molecule has 0 fully saturated rings. The molecule has 26 heavy (non-hydrogen) atoms. The highest BCUT2D eigenvalue weighted by molar-refractivity contribution is 5.62. The summed E-state index contributed by atoms with van der Waals surface area (Å²) in [6, 6.07) is 3.92. The molecule has 0 saturated heterocycles. The highest BCUT2D eigenvalue weighted by Crippen LogP contribution is 2.23. The second-order valence-electron chi connectivity index (χ2n) is 5.46. The normalized spacial score (nSPS) is 11.8. The van der Waals surface area contributed by atoms with E-state index in [9.17, 15) is 22.4 Å². The molecule has 3 aromatic rings. The van der Waals surface area contributed by atoms with Crippen LogP contribution in [0.2, 0.25) is 0 Å². The van der Waals surface area contributed by atoms with Crippen molar-refractivity contribution in [1.29, 1.82) is 0 Å². The van der Waals surface area contributed by atoms with Gasteiger partial charge in [0, 0.05) is 12.8 Å². The van der Waals surface area contributed by atoms with Crippen molar-refractivity contribution >= 4 is 11.3 Å². The largest absolute Gasteiger partial charge is 0.491 e. The van der Waals surface area contributed by atoms with Gasteiger partial charge < -0.3 is 4.74 Å². The molecule has 7 nitrogen and oxygen atoms in total. The van der Waals surface area contributed by atoms with E-state index in [2.05, 4.69) is 24.9 Å². The minimum Gasteiger partial charge on any atom is -0.491 e. The molecule has 0 unspecified atom stereocenters. The van der Waals surface area contributed by atoms with Crippen molar-refractivity contribution < 1.29 is 26.9 Å². The fourth-order valence-corrected chi connectivity index (χ4v) is 2.23. The molecule has 1 N–H and O–H groups in total. The first kappa shape index (κ1) is 17.8. The first-order chi connectivity index (χ1) is 12.3. The third-order valence-electron chi connectivity index (χ3n) is 3.44. The maximum Gasteiger partial charge on any atom is 0.389 e. The average molecular weight is 372 g/mol. The van der Waals surface area contributed by atoms with E-state index < -0.39 is 24.0 Å². The molecule has 0 bridgehead atoms. The molecule has 138 valence electrons. The Kier molecular flexibility index (Phi) is 4.87. The van der Waals surface area contributed by atoms with Crippen molar-refractivity contribution in [2.24, 2.45) is 0 Å². The lowest BCUT2D eigenvalue weighted by molar-refractivity contribution is -0.136. The van der Waals surface area contributed by atoms with Gasteiger partial charge in [0.25, 0.3) is 5.56 Å². The minimum atomic E-state index is -4.27. The van der Waals surface area contributed by atoms with Crippen LogP contribution in [0.5, 0.6) is 5.75 Å². The lowest BCUT2D eigenvalue weighted by Gasteiger charge is -2.10. The molecule has 2 heterocycles. The lowest BCUT2D eigenvalue weighted by atomic mass is 10.1. The number of nitrogens with zero attached hydrogens (tertiary/aromatic N) is 3. The molecule has 0 aliphatic rings. The Bertz CT molecular complexity index is 967. The Labute approximate surface area is 143 Å². The number of benzene rings is 1. The molecule has 3 rings (SSSR count). The first-order valence-corrected chi connectivity index (χ1v) is 7.51. The van der Waals surface area contributed by atoms with Crippen LogP contribution < -0.4 is 10.3 Å². The van der Waals surface area contributed by atoms with E-state index in [1.807, 2.05) is 0 Å². The SMILES string of the molecule is O=c1[nH]c2nonc2nc1Cc1ccc(OCCCC(F)(F)F)c(F)c1. The number of ether oxygens (including phenoxy) is 1. The van der Waals surface area contributed by atoms with Crippen LogP contribution in [0.4, 0.5) is 17.6 Å². The molecule has 0 amide bonds. The predicted octanol–water partition coefficient (Wildman–Crippen LogP) is 2.76. The van der Waals surface area contributed by atoms with Gasteiger partial charge >= 0.3 is 6.18 Å². The monoisotopic (exact) mass is 372 g/mol. The molecule has 0 spiro atoms. The van der Waals surface area contributed by atoms with E-state index >= 15 is 0 Å². The van der Waals surface area contributed by atoms with E-state index in [0.29, 0.717) is 5.56 Å². The van der Waals surface area contributed by atoms with Gasteiger partial charge in [0.05, 0.1) is 6.61 Å². The van der Waals surface area contributed by atoms with Crippen LogP contribution in [0.1, 0.15) is 24.1 Å². The highest BCUT2D eigenvalue weighted by atomic mass is 19.4. The Morgan fingerprint density at radius 3 is 2.77 bits per heavy atom. The second kappa shape index (κ2) is 7.10. The average Bonchev–Trinajstić information content (AvgIpc) is 2.99. The summed E-state index contributed by atoms with van der Waals surface area (Å²) in [6.45, 7) is -0.257. The number of alkyl halides is 3. The van der Waals surface area contributed by atoms with E-state index in [1.54, 1.807) is 0 Å². The first-order valence-electron chi connectivity index (χ1n) is 7.51. The van der Waals surface area contributed by atoms with E-state index in [-0.39, 0.29) is 42.2 Å². The third-order valence-corrected chi connectivity index (χ3v) is 3.44. The fraction of sp³-hybridized carbons (Fsp3) is 0.333. The smallest absolute Gasteiger partial charge is 0.389 e. The number of H-pyrrole nitrogens is 1. The quantitative estimate of drug-likeness (QED) is 0.528. The van der Waals surface area contributed by atoms with Gasteiger partial charge in [-0.1, -0.05) is 6.07 Å². The molecule has 11 heteroatoms. The van der Waals surface area contributed by atoms with Crippen LogP contribution in [0.3, 0.4) is 0 Å². The number of aromatic nitrogens is 4. The minimum absolute atomic E-state index is 0.0173. The van der Waals surface area contributed by atoms with Gasteiger partial charge in [0.15, 0.2) is 11.6 Å². The molecule has 0 aliphatic heterocycles. The fourth-order valence-electron chi connectivity index (χ4n) is 2.23. The van der Waals surface area contributed by atoms with Gasteiger partial charge in [0.1, 0.15) is 5.69 Å². The molecule has 0 aliphatic carbocycles. The molecule has 1 aromatic carbocycles. The van der Waals surface area contributed by atoms with E-state index in [4.69, 9.17) is 4.74 Å². The molecule has 0 atom stereocenters. The zero-order chi connectivity index (χ0) is 18.7. The number of rotatable bonds is 6. The van der Waals surface area contributed by atoms with Gasteiger partial charge in [-0.25, -0.2) is 14.0 Å². The molecular formula is C15H12F4N4O3. The lowest BCUT2D eigenvalue weighted by Crippen LogP contribution is -2.15. The van der Waals surface area contributed by atoms with E-state index in [1.165, 1.54) is 12.1 Å². The number of hydrogen-bond donors (Lipinski definition) is 1. The number of aromatic amines is 1. The van der Waals surface area contributed by atoms with Crippen molar-refractivity contribution in [2.45, 2.75) is 25.4 Å². The standard InChI is InChI=1S/C15H12F4N4O3/c16-9-6-8(2-3-11(9)25-5-1-4-15(17,18)19)7-10-14(24)21-13-12(20-10)22-26-23-13/h2-3,6H,1,4-5,7H2,(H,21,23,24). The van der Waals surface area contributed by atoms with Crippen molar-refractivity contribution in [3.8, 4) is 5.75 Å². The van der Waals surface area contributed by atoms with Crippen molar-refractivity contribution in [3.05, 3.63) is 45.6 Å². The number of fused-ring (bicyclic) bond motifs is 1. The molecule has 2 aromatic heterocycles. The Morgan fingerprint density at radius 1 is 1.23 bits per heavy atom. The maximum absolute atomic E-state index is 14.0. The predicted molar refractivity (Wildman–Crippen MR) is 80.2 cm³/mol. The summed E-state index contributed by atoms with van der Waals surface area (Å²) in [6.07, 6.45) is -5.52. The number of halogens is 4. The van der Waals surface area contributed by atoms with Crippen LogP contribution in [-0.4, -0.2) is 33.1 Å². The summed E-state index contributed by atoms with van der Waals surface area (Å²) < 4.78 is 59.7. The summed E-state index contributed by atoms with van der Waals surface area (Å²) in [7, 11) is 0. The number of nitrogens with one attached hydrogen (secondary N) is 1. The van der Waals surface area contributed by atoms with Gasteiger partial charge in [-0.3, -0.25) is 9.78 Å². The van der Waals surface area contributed by atoms with Crippen LogP contribution in [0.15, 0.2) is 27.6 Å². The van der Waals surface area contributed by atoms with Crippen LogP contribution in [-0.2, 0) is 6.42 Å². The summed E-state index contributed by atoms with van der Waals surface area (Å²) in [4.78, 5) is 18.3. The summed E-state index contributed by atoms with van der Waals surface area (Å²) in [5.74, 6) is -0.899. The zero-order valence-electron chi connectivity index (χ0n) is 13.1. The summed E-state index contributed by atoms with van der Waals surface area (Å²) >= 11 is 0.